The predicted octanol–water partition coefficient (Wildman–Crippen LogP) is 5.26. The predicted molar refractivity (Wildman–Crippen MR) is 121 cm³/mol. The molecule has 2 aliphatic rings. The molecule has 4 rings (SSSR count). The molecule has 160 valence electrons. The molecule has 1 heterocycles. The second-order valence-corrected chi connectivity index (χ2v) is 9.62. The Morgan fingerprint density at radius 2 is 1.68 bits per heavy atom. The van der Waals surface area contributed by atoms with Crippen LogP contribution in [0.1, 0.15) is 54.9 Å². The van der Waals surface area contributed by atoms with Crippen molar-refractivity contribution >= 4 is 46.5 Å². The summed E-state index contributed by atoms with van der Waals surface area (Å²) in [5, 5.41) is 0.835. The average molecular weight is 457 g/mol. The summed E-state index contributed by atoms with van der Waals surface area (Å²) >= 11 is 12.9. The van der Waals surface area contributed by atoms with Crippen molar-refractivity contribution in [3.05, 3.63) is 74.9 Å². The Morgan fingerprint density at radius 1 is 1.03 bits per heavy atom. The summed E-state index contributed by atoms with van der Waals surface area (Å²) in [6.07, 6.45) is 0.858. The van der Waals surface area contributed by atoms with Crippen molar-refractivity contribution in [1.29, 1.82) is 0 Å². The van der Waals surface area contributed by atoms with E-state index in [1.165, 1.54) is 4.90 Å². The van der Waals surface area contributed by atoms with Gasteiger partial charge in [0, 0.05) is 40.1 Å². The molecule has 7 heteroatoms. The van der Waals surface area contributed by atoms with E-state index in [9.17, 15) is 14.4 Å². The molecule has 0 spiro atoms. The van der Waals surface area contributed by atoms with Crippen LogP contribution >= 0.6 is 23.2 Å². The number of nitrogens with two attached hydrogens (primary N) is 1. The lowest BCUT2D eigenvalue weighted by Crippen LogP contribution is -2.44. The molecule has 1 aliphatic carbocycles. The van der Waals surface area contributed by atoms with E-state index in [-0.39, 0.29) is 29.1 Å². The quantitative estimate of drug-likeness (QED) is 0.683. The number of amides is 2. The first-order valence-electron chi connectivity index (χ1n) is 10.0. The lowest BCUT2D eigenvalue weighted by atomic mass is 9.69. The first-order valence-corrected chi connectivity index (χ1v) is 10.8. The van der Waals surface area contributed by atoms with E-state index in [4.69, 9.17) is 28.9 Å². The van der Waals surface area contributed by atoms with Crippen LogP contribution in [0.25, 0.3) is 0 Å². The van der Waals surface area contributed by atoms with Gasteiger partial charge in [0.2, 0.25) is 5.91 Å². The summed E-state index contributed by atoms with van der Waals surface area (Å²) in [6.45, 7) is 3.98. The lowest BCUT2D eigenvalue weighted by Gasteiger charge is -2.43. The number of rotatable bonds is 3. The first kappa shape index (κ1) is 21.6. The molecule has 2 N–H and O–H groups in total. The first-order chi connectivity index (χ1) is 14.6. The number of para-hydroxylation sites is 1. The number of carbonyl (C=O) groups is 3. The van der Waals surface area contributed by atoms with Gasteiger partial charge in [-0.2, -0.15) is 0 Å². The van der Waals surface area contributed by atoms with Gasteiger partial charge < -0.3 is 5.73 Å². The van der Waals surface area contributed by atoms with Crippen molar-refractivity contribution in [2.45, 2.75) is 39.0 Å². The third-order valence-electron chi connectivity index (χ3n) is 5.90. The molecule has 0 fully saturated rings. The molecule has 1 unspecified atom stereocenters. The number of carbonyl (C=O) groups excluding carboxylic acids is 3. The summed E-state index contributed by atoms with van der Waals surface area (Å²) < 4.78 is 0. The molecule has 2 aromatic carbocycles. The maximum Gasteiger partial charge on any atom is 0.250 e. The second kappa shape index (κ2) is 7.81. The summed E-state index contributed by atoms with van der Waals surface area (Å²) in [5.74, 6) is -1.45. The zero-order chi connectivity index (χ0) is 22.5. The van der Waals surface area contributed by atoms with Crippen LogP contribution in [0.2, 0.25) is 10.0 Å². The molecule has 0 radical (unpaired) electrons. The summed E-state index contributed by atoms with van der Waals surface area (Å²) in [7, 11) is 0. The fraction of sp³-hybridized carbons (Fsp3) is 0.292. The van der Waals surface area contributed by atoms with Gasteiger partial charge in [0.05, 0.1) is 11.3 Å². The normalized spacial score (nSPS) is 20.6. The van der Waals surface area contributed by atoms with Crippen LogP contribution in [-0.4, -0.2) is 17.6 Å². The molecule has 0 saturated carbocycles. The van der Waals surface area contributed by atoms with Crippen LogP contribution in [-0.2, 0) is 9.59 Å². The van der Waals surface area contributed by atoms with Crippen LogP contribution in [0.15, 0.2) is 53.7 Å². The molecule has 0 bridgehead atoms. The van der Waals surface area contributed by atoms with E-state index in [0.717, 1.165) is 0 Å². The van der Waals surface area contributed by atoms with Gasteiger partial charge in [0.25, 0.3) is 5.91 Å². The molecule has 31 heavy (non-hydrogen) atoms. The van der Waals surface area contributed by atoms with Crippen LogP contribution in [0, 0.1) is 5.41 Å². The Bertz CT molecular complexity index is 1130. The van der Waals surface area contributed by atoms with Crippen LogP contribution in [0.5, 0.6) is 0 Å². The maximum atomic E-state index is 13.5. The fourth-order valence-corrected chi connectivity index (χ4v) is 5.32. The van der Waals surface area contributed by atoms with Crippen molar-refractivity contribution < 1.29 is 14.4 Å². The van der Waals surface area contributed by atoms with E-state index in [2.05, 4.69) is 0 Å². The minimum Gasteiger partial charge on any atom is -0.366 e. The number of hydrogen-bond donors (Lipinski definition) is 1. The monoisotopic (exact) mass is 456 g/mol. The Labute approximate surface area is 190 Å². The van der Waals surface area contributed by atoms with Crippen LogP contribution in [0.4, 0.5) is 5.69 Å². The minimum atomic E-state index is -0.636. The van der Waals surface area contributed by atoms with E-state index in [1.54, 1.807) is 42.5 Å². The summed E-state index contributed by atoms with van der Waals surface area (Å²) in [6, 6.07) is 11.8. The highest BCUT2D eigenvalue weighted by Crippen LogP contribution is 2.50. The van der Waals surface area contributed by atoms with Crippen LogP contribution < -0.4 is 10.6 Å². The highest BCUT2D eigenvalue weighted by molar-refractivity contribution is 6.36. The standard InChI is InChI=1S/C24H22Cl2N2O3/c1-24(2)11-18-22(19(29)12-24)14(21-15(25)7-5-8-16(21)26)10-20(30)28(18)17-9-4-3-6-13(17)23(27)31/h3-9,14H,10-12H2,1-2H3,(H2,27,31). The zero-order valence-electron chi connectivity index (χ0n) is 17.2. The van der Waals surface area contributed by atoms with Gasteiger partial charge in [-0.15, -0.1) is 0 Å². The summed E-state index contributed by atoms with van der Waals surface area (Å²) in [4.78, 5) is 40.4. The number of halogens is 2. The molecule has 5 nitrogen and oxygen atoms in total. The molecule has 1 atom stereocenters. The largest absolute Gasteiger partial charge is 0.366 e. The highest BCUT2D eigenvalue weighted by Gasteiger charge is 2.45. The number of allylic oxidation sites excluding steroid dienone is 2. The maximum absolute atomic E-state index is 13.5. The number of ketones is 1. The topological polar surface area (TPSA) is 80.5 Å². The number of primary amides is 1. The van der Waals surface area contributed by atoms with Gasteiger partial charge in [0.15, 0.2) is 5.78 Å². The Balaban J connectivity index is 1.99. The molecule has 2 aromatic rings. The minimum absolute atomic E-state index is 0.0154. The van der Waals surface area contributed by atoms with Gasteiger partial charge in [-0.1, -0.05) is 55.2 Å². The summed E-state index contributed by atoms with van der Waals surface area (Å²) in [5.41, 5.74) is 7.56. The lowest BCUT2D eigenvalue weighted by molar-refractivity contribution is -0.121. The van der Waals surface area contributed by atoms with Crippen molar-refractivity contribution in [3.63, 3.8) is 0 Å². The van der Waals surface area contributed by atoms with E-state index >= 15 is 0 Å². The number of nitrogens with zero attached hydrogens (tertiary/aromatic N) is 1. The molecule has 0 saturated heterocycles. The average Bonchev–Trinajstić information content (AvgIpc) is 2.66. The van der Waals surface area contributed by atoms with Gasteiger partial charge in [-0.3, -0.25) is 19.3 Å². The van der Waals surface area contributed by atoms with E-state index in [1.807, 2.05) is 13.8 Å². The number of Topliss-reactive ketones (excluding diaryl/α,β-unsaturated/α-hetero) is 1. The SMILES string of the molecule is CC1(C)CC(=O)C2=C(C1)N(c1ccccc1C(N)=O)C(=O)CC2c1c(Cl)cccc1Cl. The van der Waals surface area contributed by atoms with Gasteiger partial charge >= 0.3 is 0 Å². The number of benzene rings is 2. The number of anilines is 1. The van der Waals surface area contributed by atoms with Gasteiger partial charge in [-0.05, 0) is 41.7 Å². The molecule has 0 aromatic heterocycles. The molecule has 1 aliphatic heterocycles. The van der Waals surface area contributed by atoms with Gasteiger partial charge in [0.1, 0.15) is 0 Å². The third-order valence-corrected chi connectivity index (χ3v) is 6.56. The Morgan fingerprint density at radius 3 is 2.32 bits per heavy atom. The highest BCUT2D eigenvalue weighted by atomic mass is 35.5. The van der Waals surface area contributed by atoms with Crippen molar-refractivity contribution in [1.82, 2.24) is 0 Å². The van der Waals surface area contributed by atoms with Crippen LogP contribution in [0.3, 0.4) is 0 Å². The second-order valence-electron chi connectivity index (χ2n) is 8.80. The number of hydrogen-bond acceptors (Lipinski definition) is 3. The van der Waals surface area contributed by atoms with Crippen molar-refractivity contribution in [3.8, 4) is 0 Å². The van der Waals surface area contributed by atoms with Gasteiger partial charge in [-0.25, -0.2) is 0 Å². The zero-order valence-corrected chi connectivity index (χ0v) is 18.8. The smallest absolute Gasteiger partial charge is 0.250 e. The Kier molecular flexibility index (Phi) is 5.44. The van der Waals surface area contributed by atoms with Crippen molar-refractivity contribution in [2.24, 2.45) is 11.1 Å². The van der Waals surface area contributed by atoms with Crippen molar-refractivity contribution in [2.75, 3.05) is 4.90 Å². The Hall–Kier alpha value is -2.63. The molecule has 2 amide bonds. The van der Waals surface area contributed by atoms with E-state index in [0.29, 0.717) is 45.4 Å². The molecular formula is C24H22Cl2N2O3. The van der Waals surface area contributed by atoms with E-state index < -0.39 is 11.8 Å². The third kappa shape index (κ3) is 3.77. The fourth-order valence-electron chi connectivity index (χ4n) is 4.66. The molecular weight excluding hydrogens is 435 g/mol.